The molecule has 0 saturated heterocycles. The quantitative estimate of drug-likeness (QED) is 0.670. The second-order valence-corrected chi connectivity index (χ2v) is 7.42. The molecule has 2 rings (SSSR count). The van der Waals surface area contributed by atoms with Crippen LogP contribution in [0.15, 0.2) is 42.5 Å². The van der Waals surface area contributed by atoms with E-state index in [0.717, 1.165) is 17.7 Å². The van der Waals surface area contributed by atoms with E-state index in [1.54, 1.807) is 17.0 Å². The van der Waals surface area contributed by atoms with Gasteiger partial charge in [0.2, 0.25) is 0 Å². The van der Waals surface area contributed by atoms with Gasteiger partial charge in [0, 0.05) is 50.2 Å². The first-order chi connectivity index (χ1) is 14.3. The number of benzene rings is 2. The molecule has 3 amide bonds. The highest BCUT2D eigenvalue weighted by molar-refractivity contribution is 6.04. The summed E-state index contributed by atoms with van der Waals surface area (Å²) in [4.78, 5) is 28.9. The van der Waals surface area contributed by atoms with Crippen LogP contribution >= 0.6 is 0 Å². The molecule has 6 nitrogen and oxygen atoms in total. The molecule has 2 aromatic rings. The van der Waals surface area contributed by atoms with E-state index in [1.807, 2.05) is 51.9 Å². The minimum atomic E-state index is -0.461. The number of rotatable bonds is 8. The minimum Gasteiger partial charge on any atom is -0.377 e. The number of hydrogen-bond donors (Lipinski definition) is 2. The number of hydrogen-bond acceptors (Lipinski definition) is 3. The maximum Gasteiger partial charge on any atom is 0.317 e. The molecular weight excluding hydrogens is 383 g/mol. The van der Waals surface area contributed by atoms with Gasteiger partial charge in [-0.15, -0.1) is 0 Å². The van der Waals surface area contributed by atoms with Crippen LogP contribution in [0.25, 0.3) is 0 Å². The Morgan fingerprint density at radius 3 is 2.43 bits per heavy atom. The average Bonchev–Trinajstić information content (AvgIpc) is 2.71. The molecule has 7 heteroatoms. The Balaban J connectivity index is 2.32. The van der Waals surface area contributed by atoms with Gasteiger partial charge >= 0.3 is 6.03 Å². The third-order valence-electron chi connectivity index (χ3n) is 4.96. The summed E-state index contributed by atoms with van der Waals surface area (Å²) in [5.41, 5.74) is 2.70. The lowest BCUT2D eigenvalue weighted by molar-refractivity contribution is 0.102. The molecule has 30 heavy (non-hydrogen) atoms. The van der Waals surface area contributed by atoms with Crippen molar-refractivity contribution < 1.29 is 14.0 Å². The Morgan fingerprint density at radius 2 is 1.83 bits per heavy atom. The summed E-state index contributed by atoms with van der Waals surface area (Å²) in [6.45, 7) is 6.90. The van der Waals surface area contributed by atoms with Gasteiger partial charge in [-0.2, -0.15) is 0 Å². The highest BCUT2D eigenvalue weighted by Crippen LogP contribution is 2.26. The second-order valence-electron chi connectivity index (χ2n) is 7.42. The van der Waals surface area contributed by atoms with Crippen molar-refractivity contribution in [3.63, 3.8) is 0 Å². The van der Waals surface area contributed by atoms with Crippen molar-refractivity contribution in [1.82, 2.24) is 10.2 Å². The molecule has 0 radical (unpaired) electrons. The molecule has 0 bridgehead atoms. The van der Waals surface area contributed by atoms with Gasteiger partial charge in [-0.3, -0.25) is 4.79 Å². The zero-order valence-corrected chi connectivity index (χ0v) is 18.3. The van der Waals surface area contributed by atoms with Crippen molar-refractivity contribution in [3.05, 3.63) is 59.4 Å². The fourth-order valence-electron chi connectivity index (χ4n) is 3.14. The summed E-state index contributed by atoms with van der Waals surface area (Å²) in [5.74, 6) is -0.849. The highest BCUT2D eigenvalue weighted by atomic mass is 19.1. The number of carbonyl (C=O) groups excluding carboxylic acids is 2. The monoisotopic (exact) mass is 414 g/mol. The van der Waals surface area contributed by atoms with Gasteiger partial charge in [0.05, 0.1) is 0 Å². The topological polar surface area (TPSA) is 64.7 Å². The molecule has 1 atom stereocenters. The Labute approximate surface area is 178 Å². The fraction of sp³-hybridized carbons (Fsp3) is 0.391. The maximum absolute atomic E-state index is 13.4. The lowest BCUT2D eigenvalue weighted by Gasteiger charge is -2.30. The fourth-order valence-corrected chi connectivity index (χ4v) is 3.14. The number of urea groups is 1. The molecule has 0 unspecified atom stereocenters. The van der Waals surface area contributed by atoms with Crippen LogP contribution in [0.1, 0.15) is 43.1 Å². The molecule has 0 heterocycles. The number of halogens is 1. The molecule has 2 N–H and O–H groups in total. The molecule has 0 spiro atoms. The molecular formula is C23H31FN4O2. The molecule has 0 aliphatic heterocycles. The summed E-state index contributed by atoms with van der Waals surface area (Å²) in [5, 5.41) is 5.69. The third-order valence-corrected chi connectivity index (χ3v) is 4.96. The maximum atomic E-state index is 13.4. The number of carbonyl (C=O) groups is 2. The molecule has 0 aromatic heterocycles. The van der Waals surface area contributed by atoms with Gasteiger partial charge in [0.25, 0.3) is 5.91 Å². The Kier molecular flexibility index (Phi) is 8.21. The first-order valence-corrected chi connectivity index (χ1v) is 10.2. The lowest BCUT2D eigenvalue weighted by atomic mass is 10.1. The molecule has 2 aromatic carbocycles. The second kappa shape index (κ2) is 10.6. The first kappa shape index (κ1) is 23.2. The van der Waals surface area contributed by atoms with Gasteiger partial charge in [0.15, 0.2) is 0 Å². The standard InChI is InChI=1S/C23H31FN4O2/c1-6-16(3)28(23(30)25-7-2)15-18-14-20(11-12-21(18)27(4)5)26-22(29)17-9-8-10-19(24)13-17/h8-14,16H,6-7,15H2,1-5H3,(H,25,30)(H,26,29)/t16-/m0/s1. The molecule has 0 saturated carbocycles. The van der Waals surface area contributed by atoms with Gasteiger partial charge in [-0.05, 0) is 62.2 Å². The predicted octanol–water partition coefficient (Wildman–Crippen LogP) is 4.47. The normalized spacial score (nSPS) is 11.5. The lowest BCUT2D eigenvalue weighted by Crippen LogP contribution is -2.44. The van der Waals surface area contributed by atoms with Gasteiger partial charge in [-0.1, -0.05) is 13.0 Å². The van der Waals surface area contributed by atoms with Gasteiger partial charge < -0.3 is 20.4 Å². The zero-order chi connectivity index (χ0) is 22.3. The first-order valence-electron chi connectivity index (χ1n) is 10.2. The number of nitrogens with zero attached hydrogens (tertiary/aromatic N) is 2. The number of anilines is 2. The van der Waals surface area contributed by atoms with E-state index in [0.29, 0.717) is 18.8 Å². The van der Waals surface area contributed by atoms with E-state index in [9.17, 15) is 14.0 Å². The van der Waals surface area contributed by atoms with Crippen LogP contribution in [0.4, 0.5) is 20.6 Å². The summed E-state index contributed by atoms with van der Waals surface area (Å²) in [6.07, 6.45) is 0.824. The summed E-state index contributed by atoms with van der Waals surface area (Å²) in [6, 6.07) is 11.1. The Hall–Kier alpha value is -3.09. The smallest absolute Gasteiger partial charge is 0.317 e. The van der Waals surface area contributed by atoms with Crippen molar-refractivity contribution in [1.29, 1.82) is 0 Å². The minimum absolute atomic E-state index is 0.0529. The van der Waals surface area contributed by atoms with Crippen LogP contribution in [0.2, 0.25) is 0 Å². The van der Waals surface area contributed by atoms with E-state index < -0.39 is 5.82 Å². The van der Waals surface area contributed by atoms with E-state index in [1.165, 1.54) is 18.2 Å². The van der Waals surface area contributed by atoms with Crippen LogP contribution in [-0.4, -0.2) is 43.5 Å². The van der Waals surface area contributed by atoms with Crippen molar-refractivity contribution in [3.8, 4) is 0 Å². The van der Waals surface area contributed by atoms with Crippen LogP contribution in [0.5, 0.6) is 0 Å². The van der Waals surface area contributed by atoms with Crippen molar-refractivity contribution >= 4 is 23.3 Å². The summed E-state index contributed by atoms with van der Waals surface area (Å²) in [7, 11) is 3.87. The van der Waals surface area contributed by atoms with E-state index in [2.05, 4.69) is 10.6 Å². The average molecular weight is 415 g/mol. The SMILES string of the molecule is CCNC(=O)N(Cc1cc(NC(=O)c2cccc(F)c2)ccc1N(C)C)[C@@H](C)CC. The highest BCUT2D eigenvalue weighted by Gasteiger charge is 2.21. The zero-order valence-electron chi connectivity index (χ0n) is 18.3. The Bertz CT molecular complexity index is 885. The van der Waals surface area contributed by atoms with Crippen molar-refractivity contribution in [2.24, 2.45) is 0 Å². The van der Waals surface area contributed by atoms with Gasteiger partial charge in [0.1, 0.15) is 5.82 Å². The van der Waals surface area contributed by atoms with Crippen LogP contribution in [0, 0.1) is 5.82 Å². The van der Waals surface area contributed by atoms with Crippen molar-refractivity contribution in [2.75, 3.05) is 30.9 Å². The van der Waals surface area contributed by atoms with Gasteiger partial charge in [-0.25, -0.2) is 9.18 Å². The molecule has 162 valence electrons. The summed E-state index contributed by atoms with van der Waals surface area (Å²) >= 11 is 0. The van der Waals surface area contributed by atoms with Crippen LogP contribution in [-0.2, 0) is 6.54 Å². The van der Waals surface area contributed by atoms with Crippen LogP contribution in [0.3, 0.4) is 0 Å². The van der Waals surface area contributed by atoms with E-state index in [-0.39, 0.29) is 23.5 Å². The molecule has 0 aliphatic rings. The molecule has 0 aliphatic carbocycles. The van der Waals surface area contributed by atoms with Crippen LogP contribution < -0.4 is 15.5 Å². The van der Waals surface area contributed by atoms with Crippen molar-refractivity contribution in [2.45, 2.75) is 39.8 Å². The molecule has 0 fully saturated rings. The third kappa shape index (κ3) is 5.95. The van der Waals surface area contributed by atoms with E-state index >= 15 is 0 Å². The summed E-state index contributed by atoms with van der Waals surface area (Å²) < 4.78 is 13.4. The number of nitrogens with one attached hydrogen (secondary N) is 2. The Morgan fingerprint density at radius 1 is 1.10 bits per heavy atom. The largest absolute Gasteiger partial charge is 0.377 e. The van der Waals surface area contributed by atoms with E-state index in [4.69, 9.17) is 0 Å². The number of amides is 3. The predicted molar refractivity (Wildman–Crippen MR) is 119 cm³/mol.